The third-order valence-corrected chi connectivity index (χ3v) is 5.46. The topological polar surface area (TPSA) is 164 Å². The predicted molar refractivity (Wildman–Crippen MR) is 45.1 cm³/mol. The van der Waals surface area contributed by atoms with Crippen LogP contribution in [0.15, 0.2) is 0 Å². The molecule has 8 nitrogen and oxygen atoms in total. The summed E-state index contributed by atoms with van der Waals surface area (Å²) in [6.45, 7) is -0.0672. The Kier molecular flexibility index (Phi) is 8.58. The van der Waals surface area contributed by atoms with E-state index in [1.54, 1.807) is 0 Å². The summed E-state index contributed by atoms with van der Waals surface area (Å²) < 4.78 is 21.3. The van der Waals surface area contributed by atoms with Crippen LogP contribution in [-0.4, -0.2) is 31.4 Å². The molecular weight excluding hydrogens is 275 g/mol. The number of aliphatic hydroxyl groups is 1. The molecule has 2 atom stereocenters. The Labute approximate surface area is 129 Å². The van der Waals surface area contributed by atoms with Crippen molar-refractivity contribution in [2.24, 2.45) is 5.73 Å². The van der Waals surface area contributed by atoms with Crippen LogP contribution in [0.1, 0.15) is 12.8 Å². The summed E-state index contributed by atoms with van der Waals surface area (Å²) in [4.78, 5) is 36.3. The van der Waals surface area contributed by atoms with E-state index in [0.717, 1.165) is 0 Å². The maximum Gasteiger partial charge on any atom is 1.00 e. The number of rotatable bonds is 5. The summed E-state index contributed by atoms with van der Waals surface area (Å²) in [5.41, 5.74) is 4.98. The van der Waals surface area contributed by atoms with E-state index in [9.17, 15) is 19.1 Å². The van der Waals surface area contributed by atoms with Crippen molar-refractivity contribution in [1.29, 1.82) is 0 Å². The van der Waals surface area contributed by atoms with Crippen LogP contribution in [0.4, 0.5) is 0 Å². The molecule has 0 amide bonds. The van der Waals surface area contributed by atoms with Crippen LogP contribution in [0, 0.1) is 0 Å². The molecule has 0 saturated heterocycles. The fraction of sp³-hybridized carbons (Fsp3) is 1.00. The first-order valence-corrected chi connectivity index (χ1v) is 6.77. The van der Waals surface area contributed by atoms with Gasteiger partial charge in [0.25, 0.3) is 0 Å². The van der Waals surface area contributed by atoms with Crippen LogP contribution in [-0.2, 0) is 9.13 Å². The maximum absolute atomic E-state index is 10.7. The Balaban J connectivity index is 0. The van der Waals surface area contributed by atoms with E-state index in [2.05, 4.69) is 0 Å². The van der Waals surface area contributed by atoms with E-state index >= 15 is 0 Å². The minimum atomic E-state index is -5.55. The number of hydrogen-bond donors (Lipinski definition) is 5. The van der Waals surface area contributed by atoms with Crippen LogP contribution in [0.25, 0.3) is 0 Å². The zero-order valence-corrected chi connectivity index (χ0v) is 13.0. The van der Waals surface area contributed by atoms with Crippen LogP contribution >= 0.6 is 15.2 Å². The summed E-state index contributed by atoms with van der Waals surface area (Å²) in [5, 5.41) is 5.74. The van der Waals surface area contributed by atoms with Crippen LogP contribution in [0.2, 0.25) is 0 Å². The van der Waals surface area contributed by atoms with Gasteiger partial charge in [-0.15, -0.1) is 0 Å². The molecule has 0 bridgehead atoms. The first kappa shape index (κ1) is 19.2. The maximum atomic E-state index is 10.7. The Morgan fingerprint density at radius 2 is 1.67 bits per heavy atom. The van der Waals surface area contributed by atoms with Gasteiger partial charge in [0.05, 0.1) is 0 Å². The minimum absolute atomic E-state index is 0. The number of nitrogens with two attached hydrogens (primary N) is 1. The second-order valence-electron chi connectivity index (χ2n) is 2.73. The second kappa shape index (κ2) is 6.70. The molecule has 0 aliphatic carbocycles. The van der Waals surface area contributed by atoms with Crippen molar-refractivity contribution in [2.75, 3.05) is 6.54 Å². The standard InChI is InChI=1S/C4H13NO7P2.K/c5-3-1-2-4(6,13(7,8)9)14(10,11)12;/h6H,1-3,5H2,(H2,7,8,9)(H2,10,11,12);/q;+1/p-1. The van der Waals surface area contributed by atoms with Gasteiger partial charge in [0, 0.05) is 0 Å². The van der Waals surface area contributed by atoms with Gasteiger partial charge in [-0.3, -0.25) is 4.57 Å². The molecule has 0 radical (unpaired) electrons. The van der Waals surface area contributed by atoms with Gasteiger partial charge in [0.2, 0.25) is 5.08 Å². The fourth-order valence-corrected chi connectivity index (χ4v) is 3.00. The van der Waals surface area contributed by atoms with Crippen molar-refractivity contribution >= 4 is 15.2 Å². The molecule has 2 unspecified atom stereocenters. The SMILES string of the molecule is NCCCC(O)(P(=O)([O-])O)P(=O)(O)O.[K+]. The minimum Gasteiger partial charge on any atom is -0.776 e. The van der Waals surface area contributed by atoms with E-state index in [0.29, 0.717) is 0 Å². The molecule has 0 saturated carbocycles. The van der Waals surface area contributed by atoms with Crippen LogP contribution in [0.3, 0.4) is 0 Å². The molecule has 0 aromatic heterocycles. The van der Waals surface area contributed by atoms with E-state index in [4.69, 9.17) is 20.4 Å². The predicted octanol–water partition coefficient (Wildman–Crippen LogP) is -4.90. The largest absolute Gasteiger partial charge is 1.00 e. The molecule has 0 aliphatic heterocycles. The molecular formula is C4H12KNO7P2. The third kappa shape index (κ3) is 4.93. The first-order chi connectivity index (χ1) is 6.06. The fourth-order valence-electron chi connectivity index (χ4n) is 0.791. The Hall–Kier alpha value is 1.86. The van der Waals surface area contributed by atoms with Gasteiger partial charge >= 0.3 is 59.0 Å². The summed E-state index contributed by atoms with van der Waals surface area (Å²) in [6.07, 6.45) is -0.959. The van der Waals surface area contributed by atoms with Crippen LogP contribution < -0.4 is 62.0 Å². The molecule has 0 spiro atoms. The zero-order valence-electron chi connectivity index (χ0n) is 8.11. The molecule has 86 valence electrons. The normalized spacial score (nSPS) is 19.9. The molecule has 0 fully saturated rings. The van der Waals surface area contributed by atoms with Gasteiger partial charge < -0.3 is 35.0 Å². The first-order valence-electron chi connectivity index (χ1n) is 3.58. The van der Waals surface area contributed by atoms with Crippen molar-refractivity contribution in [3.05, 3.63) is 0 Å². The van der Waals surface area contributed by atoms with Gasteiger partial charge in [0.15, 0.2) is 7.60 Å². The van der Waals surface area contributed by atoms with Crippen molar-refractivity contribution in [2.45, 2.75) is 17.9 Å². The Bertz CT molecular complexity index is 263. The van der Waals surface area contributed by atoms with E-state index < -0.39 is 26.7 Å². The Morgan fingerprint density at radius 1 is 1.27 bits per heavy atom. The van der Waals surface area contributed by atoms with Crippen molar-refractivity contribution in [1.82, 2.24) is 0 Å². The molecule has 6 N–H and O–H groups in total. The smallest absolute Gasteiger partial charge is 0.776 e. The third-order valence-electron chi connectivity index (χ3n) is 1.64. The summed E-state index contributed by atoms with van der Waals surface area (Å²) in [5.74, 6) is 0. The van der Waals surface area contributed by atoms with Gasteiger partial charge in [-0.1, -0.05) is 0 Å². The zero-order chi connectivity index (χ0) is 11.6. The Morgan fingerprint density at radius 3 is 1.87 bits per heavy atom. The molecule has 0 aliphatic rings. The van der Waals surface area contributed by atoms with E-state index in [1.807, 2.05) is 0 Å². The van der Waals surface area contributed by atoms with Crippen molar-refractivity contribution in [3.8, 4) is 0 Å². The summed E-state index contributed by atoms with van der Waals surface area (Å²) >= 11 is 0. The van der Waals surface area contributed by atoms with E-state index in [-0.39, 0.29) is 64.4 Å². The average molecular weight is 287 g/mol. The second-order valence-corrected chi connectivity index (χ2v) is 6.69. The number of hydrogen-bond acceptors (Lipinski definition) is 5. The summed E-state index contributed by atoms with van der Waals surface area (Å²) in [6, 6.07) is 0. The van der Waals surface area contributed by atoms with Crippen molar-refractivity contribution < 1.29 is 85.2 Å². The van der Waals surface area contributed by atoms with Gasteiger partial charge in [0.1, 0.15) is 0 Å². The molecule has 0 aromatic rings. The monoisotopic (exact) mass is 287 g/mol. The van der Waals surface area contributed by atoms with E-state index in [1.165, 1.54) is 0 Å². The van der Waals surface area contributed by atoms with Gasteiger partial charge in [-0.2, -0.15) is 0 Å². The summed E-state index contributed by atoms with van der Waals surface area (Å²) in [7, 11) is -10.9. The molecule has 0 aromatic carbocycles. The average Bonchev–Trinajstić information content (AvgIpc) is 1.95. The van der Waals surface area contributed by atoms with Crippen molar-refractivity contribution in [3.63, 3.8) is 0 Å². The molecule has 0 heterocycles. The molecule has 15 heavy (non-hydrogen) atoms. The van der Waals surface area contributed by atoms with Crippen LogP contribution in [0.5, 0.6) is 0 Å². The van der Waals surface area contributed by atoms with Gasteiger partial charge in [-0.05, 0) is 19.4 Å². The molecule has 0 rings (SSSR count). The molecule has 11 heteroatoms. The quantitative estimate of drug-likeness (QED) is 0.248. The van der Waals surface area contributed by atoms with Gasteiger partial charge in [-0.25, -0.2) is 0 Å².